The SMILES string of the molecule is CC(Cl)CC(C#N)CC(Cl)COc1ccc(-c2ccccc2)cc1. The highest BCUT2D eigenvalue weighted by Gasteiger charge is 2.17. The van der Waals surface area contributed by atoms with Crippen LogP contribution in [0, 0.1) is 17.2 Å². The maximum Gasteiger partial charge on any atom is 0.119 e. The van der Waals surface area contributed by atoms with Crippen LogP contribution in [0.1, 0.15) is 19.8 Å². The van der Waals surface area contributed by atoms with Gasteiger partial charge >= 0.3 is 0 Å². The Morgan fingerprint density at radius 2 is 1.58 bits per heavy atom. The van der Waals surface area contributed by atoms with Gasteiger partial charge in [0.25, 0.3) is 0 Å². The lowest BCUT2D eigenvalue weighted by Gasteiger charge is -2.15. The Morgan fingerprint density at radius 1 is 0.958 bits per heavy atom. The number of nitriles is 1. The molecular formula is C20H21Cl2NO. The van der Waals surface area contributed by atoms with Crippen molar-refractivity contribution in [3.05, 3.63) is 54.6 Å². The van der Waals surface area contributed by atoms with E-state index in [-0.39, 0.29) is 16.7 Å². The smallest absolute Gasteiger partial charge is 0.119 e. The van der Waals surface area contributed by atoms with Gasteiger partial charge < -0.3 is 4.74 Å². The van der Waals surface area contributed by atoms with E-state index in [4.69, 9.17) is 33.2 Å². The Morgan fingerprint density at radius 3 is 2.17 bits per heavy atom. The molecule has 0 spiro atoms. The third kappa shape index (κ3) is 6.07. The molecule has 126 valence electrons. The van der Waals surface area contributed by atoms with Crippen molar-refractivity contribution in [2.45, 2.75) is 30.5 Å². The molecule has 0 N–H and O–H groups in total. The minimum Gasteiger partial charge on any atom is -0.492 e. The molecule has 0 radical (unpaired) electrons. The van der Waals surface area contributed by atoms with E-state index < -0.39 is 0 Å². The molecule has 24 heavy (non-hydrogen) atoms. The first kappa shape index (κ1) is 18.6. The van der Waals surface area contributed by atoms with Gasteiger partial charge in [-0.2, -0.15) is 5.26 Å². The summed E-state index contributed by atoms with van der Waals surface area (Å²) in [6.45, 7) is 2.26. The molecule has 0 heterocycles. The van der Waals surface area contributed by atoms with E-state index in [1.807, 2.05) is 49.4 Å². The Kier molecular flexibility index (Phi) is 7.43. The molecule has 0 amide bonds. The summed E-state index contributed by atoms with van der Waals surface area (Å²) in [6, 6.07) is 20.4. The third-order valence-corrected chi connectivity index (χ3v) is 4.21. The van der Waals surface area contributed by atoms with Crippen LogP contribution in [0.25, 0.3) is 11.1 Å². The lowest BCUT2D eigenvalue weighted by molar-refractivity contribution is 0.301. The fourth-order valence-corrected chi connectivity index (χ4v) is 3.02. The van der Waals surface area contributed by atoms with Crippen LogP contribution in [0.4, 0.5) is 0 Å². The van der Waals surface area contributed by atoms with Crippen LogP contribution >= 0.6 is 23.2 Å². The molecule has 0 bridgehead atoms. The zero-order chi connectivity index (χ0) is 17.4. The van der Waals surface area contributed by atoms with Crippen LogP contribution in [0.3, 0.4) is 0 Å². The predicted octanol–water partition coefficient (Wildman–Crippen LogP) is 5.89. The van der Waals surface area contributed by atoms with Crippen LogP contribution in [-0.4, -0.2) is 17.4 Å². The molecule has 0 aliphatic rings. The summed E-state index contributed by atoms with van der Waals surface area (Å²) < 4.78 is 5.73. The lowest BCUT2D eigenvalue weighted by Crippen LogP contribution is -2.17. The summed E-state index contributed by atoms with van der Waals surface area (Å²) in [5, 5.41) is 8.91. The van der Waals surface area contributed by atoms with Gasteiger partial charge in [0, 0.05) is 11.3 Å². The second-order valence-electron chi connectivity index (χ2n) is 5.88. The molecule has 0 saturated heterocycles. The second-order valence-corrected chi connectivity index (χ2v) is 7.24. The summed E-state index contributed by atoms with van der Waals surface area (Å²) in [4.78, 5) is 0. The molecular weight excluding hydrogens is 341 g/mol. The van der Waals surface area contributed by atoms with Gasteiger partial charge in [-0.3, -0.25) is 0 Å². The van der Waals surface area contributed by atoms with Crippen molar-refractivity contribution in [1.82, 2.24) is 0 Å². The molecule has 3 atom stereocenters. The van der Waals surface area contributed by atoms with E-state index in [9.17, 15) is 0 Å². The number of halogens is 2. The predicted molar refractivity (Wildman–Crippen MR) is 101 cm³/mol. The van der Waals surface area contributed by atoms with Gasteiger partial charge in [0.1, 0.15) is 12.4 Å². The van der Waals surface area contributed by atoms with Gasteiger partial charge in [-0.1, -0.05) is 42.5 Å². The number of rotatable bonds is 8. The van der Waals surface area contributed by atoms with Crippen molar-refractivity contribution in [1.29, 1.82) is 5.26 Å². The molecule has 0 saturated carbocycles. The van der Waals surface area contributed by atoms with Gasteiger partial charge in [0.05, 0.1) is 11.4 Å². The van der Waals surface area contributed by atoms with Crippen molar-refractivity contribution >= 4 is 23.2 Å². The molecule has 2 aromatic rings. The van der Waals surface area contributed by atoms with Crippen molar-refractivity contribution in [2.24, 2.45) is 5.92 Å². The minimum absolute atomic E-state index is 0.0232. The number of hydrogen-bond acceptors (Lipinski definition) is 2. The van der Waals surface area contributed by atoms with Crippen molar-refractivity contribution in [3.63, 3.8) is 0 Å². The third-order valence-electron chi connectivity index (χ3n) is 3.72. The average Bonchev–Trinajstić information content (AvgIpc) is 2.60. The summed E-state index contributed by atoms with van der Waals surface area (Å²) in [5.41, 5.74) is 2.32. The van der Waals surface area contributed by atoms with Crippen LogP contribution in [0.5, 0.6) is 5.75 Å². The fraction of sp³-hybridized carbons (Fsp3) is 0.350. The van der Waals surface area contributed by atoms with E-state index in [0.717, 1.165) is 11.3 Å². The zero-order valence-corrected chi connectivity index (χ0v) is 15.2. The number of nitrogens with zero attached hydrogens (tertiary/aromatic N) is 1. The van der Waals surface area contributed by atoms with Crippen molar-refractivity contribution < 1.29 is 4.74 Å². The molecule has 0 aliphatic carbocycles. The van der Waals surface area contributed by atoms with E-state index in [1.165, 1.54) is 5.56 Å². The molecule has 0 aliphatic heterocycles. The zero-order valence-electron chi connectivity index (χ0n) is 13.7. The highest BCUT2D eigenvalue weighted by atomic mass is 35.5. The minimum atomic E-state index is -0.209. The normalized spacial score (nSPS) is 14.4. The van der Waals surface area contributed by atoms with E-state index >= 15 is 0 Å². The average molecular weight is 362 g/mol. The van der Waals surface area contributed by atoms with Gasteiger partial charge in [0.2, 0.25) is 0 Å². The number of hydrogen-bond donors (Lipinski definition) is 0. The van der Waals surface area contributed by atoms with Gasteiger partial charge in [0.15, 0.2) is 0 Å². The summed E-state index contributed by atoms with van der Waals surface area (Å²) in [5.74, 6) is 0.642. The van der Waals surface area contributed by atoms with E-state index in [2.05, 4.69) is 18.2 Å². The Bertz CT molecular complexity index is 650. The van der Waals surface area contributed by atoms with Crippen molar-refractivity contribution in [2.75, 3.05) is 6.61 Å². The highest BCUT2D eigenvalue weighted by molar-refractivity contribution is 6.21. The van der Waals surface area contributed by atoms with Crippen LogP contribution in [0.15, 0.2) is 54.6 Å². The summed E-state index contributed by atoms with van der Waals surface area (Å²) in [7, 11) is 0. The fourth-order valence-electron chi connectivity index (χ4n) is 2.53. The first-order valence-electron chi connectivity index (χ1n) is 8.04. The van der Waals surface area contributed by atoms with Crippen LogP contribution in [0.2, 0.25) is 0 Å². The van der Waals surface area contributed by atoms with E-state index in [0.29, 0.717) is 19.4 Å². The number of ether oxygens (including phenoxy) is 1. The van der Waals surface area contributed by atoms with Crippen molar-refractivity contribution in [3.8, 4) is 22.9 Å². The molecule has 2 rings (SSSR count). The highest BCUT2D eigenvalue weighted by Crippen LogP contribution is 2.23. The summed E-state index contributed by atoms with van der Waals surface area (Å²) in [6.07, 6.45) is 1.23. The maximum atomic E-state index is 9.14. The first-order valence-corrected chi connectivity index (χ1v) is 8.92. The Hall–Kier alpha value is -1.69. The van der Waals surface area contributed by atoms with Crippen LogP contribution < -0.4 is 4.74 Å². The Labute approximate surface area is 154 Å². The van der Waals surface area contributed by atoms with Crippen LogP contribution in [-0.2, 0) is 0 Å². The molecule has 2 aromatic carbocycles. The number of benzene rings is 2. The van der Waals surface area contributed by atoms with Gasteiger partial charge in [-0.05, 0) is 43.0 Å². The van der Waals surface area contributed by atoms with Gasteiger partial charge in [-0.15, -0.1) is 23.2 Å². The largest absolute Gasteiger partial charge is 0.492 e. The molecule has 2 nitrogen and oxygen atoms in total. The monoisotopic (exact) mass is 361 g/mol. The maximum absolute atomic E-state index is 9.14. The molecule has 3 unspecified atom stereocenters. The second kappa shape index (κ2) is 9.57. The molecule has 4 heteroatoms. The molecule has 0 aromatic heterocycles. The standard InChI is InChI=1S/C20H21Cl2NO/c1-15(21)11-16(13-23)12-19(22)14-24-20-9-7-18(8-10-20)17-5-3-2-4-6-17/h2-10,15-16,19H,11-12,14H2,1H3. The lowest BCUT2D eigenvalue weighted by atomic mass is 9.99. The topological polar surface area (TPSA) is 33.0 Å². The van der Waals surface area contributed by atoms with Gasteiger partial charge in [-0.25, -0.2) is 0 Å². The number of alkyl halides is 2. The summed E-state index contributed by atoms with van der Waals surface area (Å²) >= 11 is 12.2. The molecule has 0 fully saturated rings. The Balaban J connectivity index is 1.85. The first-order chi connectivity index (χ1) is 11.6. The quantitative estimate of drug-likeness (QED) is 0.549. The van der Waals surface area contributed by atoms with E-state index in [1.54, 1.807) is 0 Å².